The molecule has 1 amide bonds. The first kappa shape index (κ1) is 15.5. The van der Waals surface area contributed by atoms with Gasteiger partial charge >= 0.3 is 5.97 Å². The van der Waals surface area contributed by atoms with Gasteiger partial charge in [-0.15, -0.1) is 6.42 Å². The van der Waals surface area contributed by atoms with Crippen LogP contribution in [0.2, 0.25) is 0 Å². The quantitative estimate of drug-likeness (QED) is 0.556. The summed E-state index contributed by atoms with van der Waals surface area (Å²) >= 11 is 0. The minimum Gasteiger partial charge on any atom is -0.480 e. The lowest BCUT2D eigenvalue weighted by atomic mass is 10.0. The summed E-state index contributed by atoms with van der Waals surface area (Å²) in [5.74, 6) is 1.28. The van der Waals surface area contributed by atoms with Gasteiger partial charge < -0.3 is 10.4 Å². The van der Waals surface area contributed by atoms with Crippen LogP contribution in [0.15, 0.2) is 0 Å². The number of hydrogen-bond donors (Lipinski definition) is 3. The highest BCUT2D eigenvalue weighted by molar-refractivity contribution is 5.82. The molecule has 0 aliphatic rings. The molecule has 3 N–H and O–H groups in total. The second kappa shape index (κ2) is 7.69. The molecule has 5 nitrogen and oxygen atoms in total. The molecule has 0 aromatic heterocycles. The van der Waals surface area contributed by atoms with Gasteiger partial charge in [0.2, 0.25) is 5.91 Å². The lowest BCUT2D eigenvalue weighted by Gasteiger charge is -2.20. The molecule has 0 heterocycles. The largest absolute Gasteiger partial charge is 0.480 e. The lowest BCUT2D eigenvalue weighted by Crippen LogP contribution is -2.49. The first-order valence-corrected chi connectivity index (χ1v) is 5.58. The van der Waals surface area contributed by atoms with Crippen molar-refractivity contribution in [2.75, 3.05) is 6.54 Å². The Morgan fingerprint density at radius 3 is 2.35 bits per heavy atom. The zero-order valence-electron chi connectivity index (χ0n) is 10.5. The van der Waals surface area contributed by atoms with Crippen molar-refractivity contribution >= 4 is 11.9 Å². The summed E-state index contributed by atoms with van der Waals surface area (Å²) in [6, 6.07) is -1.30. The van der Waals surface area contributed by atoms with Gasteiger partial charge in [-0.25, -0.2) is 0 Å². The van der Waals surface area contributed by atoms with Crippen LogP contribution in [0.5, 0.6) is 0 Å². The maximum atomic E-state index is 11.5. The van der Waals surface area contributed by atoms with Crippen molar-refractivity contribution in [3.8, 4) is 12.3 Å². The molecule has 0 radical (unpaired) electrons. The number of carboxylic acid groups (broad SMARTS) is 1. The highest BCUT2D eigenvalue weighted by atomic mass is 16.4. The second-order valence-electron chi connectivity index (χ2n) is 4.33. The Morgan fingerprint density at radius 1 is 1.35 bits per heavy atom. The Balaban J connectivity index is 4.30. The van der Waals surface area contributed by atoms with Gasteiger partial charge in [0.1, 0.15) is 6.04 Å². The van der Waals surface area contributed by atoms with E-state index in [2.05, 4.69) is 16.6 Å². The zero-order chi connectivity index (χ0) is 13.4. The van der Waals surface area contributed by atoms with Gasteiger partial charge in [-0.1, -0.05) is 19.8 Å². The summed E-state index contributed by atoms with van der Waals surface area (Å²) in [6.45, 7) is 5.62. The topological polar surface area (TPSA) is 78.4 Å². The minimum atomic E-state index is -0.949. The fraction of sp³-hybridized carbons (Fsp3) is 0.667. The number of hydrogen-bond acceptors (Lipinski definition) is 3. The Labute approximate surface area is 102 Å². The van der Waals surface area contributed by atoms with E-state index in [1.165, 1.54) is 0 Å². The van der Waals surface area contributed by atoms with Crippen LogP contribution in [0.4, 0.5) is 0 Å². The van der Waals surface area contributed by atoms with Crippen LogP contribution in [0.1, 0.15) is 27.2 Å². The molecule has 2 unspecified atom stereocenters. The normalized spacial score (nSPS) is 13.8. The predicted octanol–water partition coefficient (Wildman–Crippen LogP) is 0.213. The number of rotatable bonds is 7. The van der Waals surface area contributed by atoms with Crippen LogP contribution in [0, 0.1) is 18.3 Å². The third kappa shape index (κ3) is 6.59. The van der Waals surface area contributed by atoms with Gasteiger partial charge in [-0.05, 0) is 19.3 Å². The monoisotopic (exact) mass is 240 g/mol. The molecule has 0 spiro atoms. The standard InChI is InChI=1S/C12H20N2O3/c1-5-6-13-11(15)9(4)14-10(12(16)17)7-8(2)3/h1,8-10,14H,6-7H2,2-4H3,(H,13,15)(H,16,17). The van der Waals surface area contributed by atoms with Gasteiger partial charge in [0, 0.05) is 0 Å². The molecule has 0 fully saturated rings. The smallest absolute Gasteiger partial charge is 0.320 e. The van der Waals surface area contributed by atoms with Crippen LogP contribution < -0.4 is 10.6 Å². The number of amides is 1. The molecule has 17 heavy (non-hydrogen) atoms. The molecule has 0 aliphatic carbocycles. The van der Waals surface area contributed by atoms with E-state index in [1.807, 2.05) is 13.8 Å². The van der Waals surface area contributed by atoms with Crippen molar-refractivity contribution < 1.29 is 14.7 Å². The number of terminal acetylenes is 1. The molecular formula is C12H20N2O3. The average Bonchev–Trinajstić information content (AvgIpc) is 2.23. The van der Waals surface area contributed by atoms with E-state index in [4.69, 9.17) is 11.5 Å². The number of nitrogens with one attached hydrogen (secondary N) is 2. The van der Waals surface area contributed by atoms with E-state index >= 15 is 0 Å². The van der Waals surface area contributed by atoms with Crippen molar-refractivity contribution in [3.63, 3.8) is 0 Å². The van der Waals surface area contributed by atoms with Crippen molar-refractivity contribution in [2.24, 2.45) is 5.92 Å². The fourth-order valence-electron chi connectivity index (χ4n) is 1.38. The summed E-state index contributed by atoms with van der Waals surface area (Å²) < 4.78 is 0. The van der Waals surface area contributed by atoms with E-state index in [0.717, 1.165) is 0 Å². The highest BCUT2D eigenvalue weighted by Gasteiger charge is 2.23. The molecule has 96 valence electrons. The minimum absolute atomic E-state index is 0.146. The van der Waals surface area contributed by atoms with Crippen LogP contribution in [0.3, 0.4) is 0 Å². The summed E-state index contributed by atoms with van der Waals surface area (Å²) in [4.78, 5) is 22.5. The van der Waals surface area contributed by atoms with Crippen molar-refractivity contribution in [1.29, 1.82) is 0 Å². The lowest BCUT2D eigenvalue weighted by molar-refractivity contribution is -0.140. The van der Waals surface area contributed by atoms with Crippen molar-refractivity contribution in [3.05, 3.63) is 0 Å². The van der Waals surface area contributed by atoms with Crippen molar-refractivity contribution in [1.82, 2.24) is 10.6 Å². The second-order valence-corrected chi connectivity index (χ2v) is 4.33. The fourth-order valence-corrected chi connectivity index (χ4v) is 1.38. The Morgan fingerprint density at radius 2 is 1.94 bits per heavy atom. The average molecular weight is 240 g/mol. The first-order valence-electron chi connectivity index (χ1n) is 5.58. The molecule has 0 rings (SSSR count). The van der Waals surface area contributed by atoms with Gasteiger partial charge in [-0.3, -0.25) is 14.9 Å². The van der Waals surface area contributed by atoms with Crippen LogP contribution >= 0.6 is 0 Å². The predicted molar refractivity (Wildman–Crippen MR) is 65.3 cm³/mol. The van der Waals surface area contributed by atoms with E-state index in [0.29, 0.717) is 6.42 Å². The molecule has 0 aromatic carbocycles. The molecule has 5 heteroatoms. The molecule has 0 saturated heterocycles. The highest BCUT2D eigenvalue weighted by Crippen LogP contribution is 2.05. The van der Waals surface area contributed by atoms with Crippen LogP contribution in [0.25, 0.3) is 0 Å². The summed E-state index contributed by atoms with van der Waals surface area (Å²) in [7, 11) is 0. The van der Waals surface area contributed by atoms with E-state index in [-0.39, 0.29) is 18.4 Å². The molecular weight excluding hydrogens is 220 g/mol. The number of carbonyl (C=O) groups is 2. The number of carbonyl (C=O) groups excluding carboxylic acids is 1. The molecule has 0 aromatic rings. The third-order valence-corrected chi connectivity index (χ3v) is 2.21. The number of aliphatic carboxylic acids is 1. The molecule has 2 atom stereocenters. The van der Waals surface area contributed by atoms with Gasteiger partial charge in [0.05, 0.1) is 12.6 Å². The first-order chi connectivity index (χ1) is 7.88. The van der Waals surface area contributed by atoms with Gasteiger partial charge in [0.25, 0.3) is 0 Å². The Hall–Kier alpha value is -1.54. The van der Waals surface area contributed by atoms with E-state index in [1.54, 1.807) is 6.92 Å². The van der Waals surface area contributed by atoms with Gasteiger partial charge in [-0.2, -0.15) is 0 Å². The van der Waals surface area contributed by atoms with Crippen molar-refractivity contribution in [2.45, 2.75) is 39.3 Å². The zero-order valence-corrected chi connectivity index (χ0v) is 10.5. The van der Waals surface area contributed by atoms with E-state index in [9.17, 15) is 9.59 Å². The number of carboxylic acids is 1. The molecule has 0 aliphatic heterocycles. The Bertz CT molecular complexity index is 307. The maximum absolute atomic E-state index is 11.5. The Kier molecular flexibility index (Phi) is 6.99. The molecule has 0 saturated carbocycles. The van der Waals surface area contributed by atoms with Crippen LogP contribution in [-0.2, 0) is 9.59 Å². The van der Waals surface area contributed by atoms with Gasteiger partial charge in [0.15, 0.2) is 0 Å². The maximum Gasteiger partial charge on any atom is 0.320 e. The van der Waals surface area contributed by atoms with Crippen LogP contribution in [-0.4, -0.2) is 35.6 Å². The van der Waals surface area contributed by atoms with E-state index < -0.39 is 18.1 Å². The molecule has 0 bridgehead atoms. The summed E-state index contributed by atoms with van der Waals surface area (Å²) in [5.41, 5.74) is 0. The third-order valence-electron chi connectivity index (χ3n) is 2.21. The SMILES string of the molecule is C#CCNC(=O)C(C)NC(CC(C)C)C(=O)O. The summed E-state index contributed by atoms with van der Waals surface area (Å²) in [6.07, 6.45) is 5.49. The summed E-state index contributed by atoms with van der Waals surface area (Å²) in [5, 5.41) is 14.3.